The van der Waals surface area contributed by atoms with E-state index in [-0.39, 0.29) is 5.54 Å². The van der Waals surface area contributed by atoms with Crippen molar-refractivity contribution in [2.24, 2.45) is 11.7 Å². The molecule has 1 atom stereocenters. The normalized spacial score (nSPS) is 48.4. The van der Waals surface area contributed by atoms with Gasteiger partial charge in [0.05, 0.1) is 11.1 Å². The molecule has 4 rings (SSSR count). The molecular formula is C12H22N2O. The van der Waals surface area contributed by atoms with Crippen LogP contribution < -0.4 is 5.73 Å². The third kappa shape index (κ3) is 1.30. The number of nitrogens with two attached hydrogens (primary N) is 1. The molecule has 1 aliphatic carbocycles. The summed E-state index contributed by atoms with van der Waals surface area (Å²) < 4.78 is 0. The molecule has 2 bridgehead atoms. The summed E-state index contributed by atoms with van der Waals surface area (Å²) in [5.41, 5.74) is 5.73. The van der Waals surface area contributed by atoms with E-state index in [2.05, 4.69) is 4.90 Å². The Bertz CT molecular complexity index is 254. The Morgan fingerprint density at radius 3 is 2.20 bits per heavy atom. The number of fused-ring (bicyclic) bond motifs is 3. The number of aliphatic hydroxyl groups is 1. The quantitative estimate of drug-likeness (QED) is 0.670. The molecule has 0 aromatic rings. The molecule has 3 heteroatoms. The van der Waals surface area contributed by atoms with Gasteiger partial charge in [-0.1, -0.05) is 12.8 Å². The van der Waals surface area contributed by atoms with Crippen molar-refractivity contribution >= 4 is 0 Å². The third-order valence-electron chi connectivity index (χ3n) is 5.10. The fourth-order valence-electron chi connectivity index (χ4n) is 4.06. The van der Waals surface area contributed by atoms with Crippen molar-refractivity contribution in [3.63, 3.8) is 0 Å². The molecule has 1 saturated carbocycles. The first-order valence-corrected chi connectivity index (χ1v) is 6.38. The van der Waals surface area contributed by atoms with Crippen LogP contribution in [0.4, 0.5) is 0 Å². The van der Waals surface area contributed by atoms with Crippen molar-refractivity contribution in [1.82, 2.24) is 4.90 Å². The maximum atomic E-state index is 10.7. The van der Waals surface area contributed by atoms with E-state index in [1.54, 1.807) is 0 Å². The van der Waals surface area contributed by atoms with E-state index in [0.717, 1.165) is 32.2 Å². The highest BCUT2D eigenvalue weighted by atomic mass is 16.3. The van der Waals surface area contributed by atoms with Gasteiger partial charge in [-0.3, -0.25) is 0 Å². The van der Waals surface area contributed by atoms with E-state index in [9.17, 15) is 5.11 Å². The van der Waals surface area contributed by atoms with Gasteiger partial charge in [-0.2, -0.15) is 0 Å². The van der Waals surface area contributed by atoms with Gasteiger partial charge >= 0.3 is 0 Å². The third-order valence-corrected chi connectivity index (χ3v) is 5.10. The maximum absolute atomic E-state index is 10.7. The molecule has 0 aromatic heterocycles. The molecular weight excluding hydrogens is 188 g/mol. The summed E-state index contributed by atoms with van der Waals surface area (Å²) >= 11 is 0. The molecule has 3 N–H and O–H groups in total. The zero-order chi connectivity index (χ0) is 10.5. The van der Waals surface area contributed by atoms with Crippen molar-refractivity contribution in [1.29, 1.82) is 0 Å². The molecule has 0 amide bonds. The van der Waals surface area contributed by atoms with Crippen molar-refractivity contribution in [2.45, 2.75) is 49.7 Å². The van der Waals surface area contributed by atoms with Gasteiger partial charge in [0.15, 0.2) is 0 Å². The largest absolute Gasteiger partial charge is 0.388 e. The van der Waals surface area contributed by atoms with Crippen molar-refractivity contribution in [2.75, 3.05) is 19.6 Å². The Morgan fingerprint density at radius 2 is 1.73 bits per heavy atom. The molecule has 86 valence electrons. The van der Waals surface area contributed by atoms with Crippen LogP contribution in [0, 0.1) is 5.92 Å². The number of hydrogen-bond donors (Lipinski definition) is 2. The second kappa shape index (κ2) is 3.19. The van der Waals surface area contributed by atoms with Crippen molar-refractivity contribution in [3.8, 4) is 0 Å². The summed E-state index contributed by atoms with van der Waals surface area (Å²) in [7, 11) is 0. The molecule has 3 aliphatic heterocycles. The Labute approximate surface area is 91.6 Å². The van der Waals surface area contributed by atoms with Gasteiger partial charge in [-0.05, 0) is 44.7 Å². The summed E-state index contributed by atoms with van der Waals surface area (Å²) in [6, 6.07) is 0. The van der Waals surface area contributed by atoms with E-state index in [0.29, 0.717) is 5.92 Å². The average Bonchev–Trinajstić information content (AvgIpc) is 2.68. The van der Waals surface area contributed by atoms with Gasteiger partial charge in [0.25, 0.3) is 0 Å². The Hall–Kier alpha value is -0.120. The maximum Gasteiger partial charge on any atom is 0.0841 e. The van der Waals surface area contributed by atoms with Crippen LogP contribution in [0.25, 0.3) is 0 Å². The average molecular weight is 210 g/mol. The Morgan fingerprint density at radius 1 is 1.13 bits per heavy atom. The molecule has 0 aromatic carbocycles. The molecule has 0 radical (unpaired) electrons. The summed E-state index contributed by atoms with van der Waals surface area (Å²) in [5.74, 6) is 0.561. The van der Waals surface area contributed by atoms with Crippen LogP contribution in [0.3, 0.4) is 0 Å². The number of rotatable bonds is 1. The van der Waals surface area contributed by atoms with Crippen LogP contribution >= 0.6 is 0 Å². The number of hydrogen-bond acceptors (Lipinski definition) is 3. The second-order valence-electron chi connectivity index (χ2n) is 5.83. The summed E-state index contributed by atoms with van der Waals surface area (Å²) in [6.07, 6.45) is 6.55. The Balaban J connectivity index is 1.89. The molecule has 4 fully saturated rings. The summed E-state index contributed by atoms with van der Waals surface area (Å²) in [6.45, 7) is 3.31. The fraction of sp³-hybridized carbons (Fsp3) is 1.00. The molecule has 1 unspecified atom stereocenters. The molecule has 4 aliphatic rings. The van der Waals surface area contributed by atoms with Gasteiger partial charge in [-0.15, -0.1) is 0 Å². The van der Waals surface area contributed by atoms with E-state index < -0.39 is 5.60 Å². The minimum atomic E-state index is -0.559. The predicted octanol–water partition coefficient (Wildman–Crippen LogP) is 0.715. The van der Waals surface area contributed by atoms with Crippen molar-refractivity contribution < 1.29 is 5.11 Å². The van der Waals surface area contributed by atoms with Gasteiger partial charge in [0.1, 0.15) is 0 Å². The van der Waals surface area contributed by atoms with Crippen LogP contribution in [0.15, 0.2) is 0 Å². The molecule has 3 heterocycles. The Kier molecular flexibility index (Phi) is 2.14. The van der Waals surface area contributed by atoms with Crippen LogP contribution in [-0.4, -0.2) is 40.8 Å². The van der Waals surface area contributed by atoms with Crippen LogP contribution in [-0.2, 0) is 0 Å². The molecule has 3 saturated heterocycles. The van der Waals surface area contributed by atoms with Crippen LogP contribution in [0.1, 0.15) is 38.5 Å². The number of nitrogens with zero attached hydrogens (tertiary/aromatic N) is 1. The summed E-state index contributed by atoms with van der Waals surface area (Å²) in [5, 5.41) is 10.7. The zero-order valence-corrected chi connectivity index (χ0v) is 9.41. The highest BCUT2D eigenvalue weighted by Crippen LogP contribution is 2.47. The van der Waals surface area contributed by atoms with Crippen LogP contribution in [0.5, 0.6) is 0 Å². The minimum absolute atomic E-state index is 0.306. The first-order valence-electron chi connectivity index (χ1n) is 6.38. The summed E-state index contributed by atoms with van der Waals surface area (Å²) in [4.78, 5) is 2.44. The second-order valence-corrected chi connectivity index (χ2v) is 5.83. The van der Waals surface area contributed by atoms with E-state index in [1.807, 2.05) is 0 Å². The van der Waals surface area contributed by atoms with Crippen molar-refractivity contribution in [3.05, 3.63) is 0 Å². The van der Waals surface area contributed by atoms with Crippen LogP contribution in [0.2, 0.25) is 0 Å². The lowest BCUT2D eigenvalue weighted by molar-refractivity contribution is -0.111. The first kappa shape index (κ1) is 10.1. The monoisotopic (exact) mass is 210 g/mol. The SMILES string of the molecule is NC1(C2(O)CCCC2)CN2CCC1CC2. The zero-order valence-electron chi connectivity index (χ0n) is 9.41. The smallest absolute Gasteiger partial charge is 0.0841 e. The topological polar surface area (TPSA) is 49.5 Å². The van der Waals surface area contributed by atoms with E-state index in [1.165, 1.54) is 25.9 Å². The lowest BCUT2D eigenvalue weighted by Gasteiger charge is -2.57. The standard InChI is InChI=1S/C12H22N2O/c13-12(11(15)5-1-2-6-11)9-14-7-3-10(12)4-8-14/h10,15H,1-9,13H2. The van der Waals surface area contributed by atoms with E-state index in [4.69, 9.17) is 5.73 Å². The molecule has 15 heavy (non-hydrogen) atoms. The van der Waals surface area contributed by atoms with E-state index >= 15 is 0 Å². The van der Waals surface area contributed by atoms with Gasteiger partial charge in [0, 0.05) is 6.54 Å². The fourth-order valence-corrected chi connectivity index (χ4v) is 4.06. The lowest BCUT2D eigenvalue weighted by Crippen LogP contribution is -2.73. The van der Waals surface area contributed by atoms with Gasteiger partial charge in [-0.25, -0.2) is 0 Å². The molecule has 0 spiro atoms. The highest BCUT2D eigenvalue weighted by Gasteiger charge is 2.56. The first-order chi connectivity index (χ1) is 7.14. The minimum Gasteiger partial charge on any atom is -0.388 e. The predicted molar refractivity (Wildman–Crippen MR) is 59.5 cm³/mol. The van der Waals surface area contributed by atoms with Gasteiger partial charge < -0.3 is 15.7 Å². The highest BCUT2D eigenvalue weighted by molar-refractivity contribution is 5.14. The van der Waals surface area contributed by atoms with Gasteiger partial charge in [0.2, 0.25) is 0 Å². The number of piperidine rings is 3. The molecule has 3 nitrogen and oxygen atoms in total. The lowest BCUT2D eigenvalue weighted by atomic mass is 9.64.